The molecule has 0 aliphatic carbocycles. The molecule has 0 unspecified atom stereocenters. The first-order valence-electron chi connectivity index (χ1n) is 9.05. The highest BCUT2D eigenvalue weighted by molar-refractivity contribution is 7.17. The van der Waals surface area contributed by atoms with Crippen LogP contribution in [0.3, 0.4) is 0 Å². The molecular weight excluding hydrogens is 328 g/mol. The van der Waals surface area contributed by atoms with Gasteiger partial charge in [-0.3, -0.25) is 4.90 Å². The summed E-state index contributed by atoms with van der Waals surface area (Å²) in [5, 5.41) is 3.44. The molecule has 3 heterocycles. The summed E-state index contributed by atoms with van der Waals surface area (Å²) in [6, 6.07) is 10.6. The van der Waals surface area contributed by atoms with Gasteiger partial charge in [-0.2, -0.15) is 0 Å². The van der Waals surface area contributed by atoms with E-state index in [-0.39, 0.29) is 0 Å². The number of nitrogens with zero attached hydrogens (tertiary/aromatic N) is 4. The van der Waals surface area contributed by atoms with Gasteiger partial charge in [0.25, 0.3) is 0 Å². The summed E-state index contributed by atoms with van der Waals surface area (Å²) in [7, 11) is 0. The van der Waals surface area contributed by atoms with Gasteiger partial charge in [0.1, 0.15) is 16.5 Å². The topological polar surface area (TPSA) is 32.3 Å². The molecule has 0 N–H and O–H groups in total. The smallest absolute Gasteiger partial charge is 0.141 e. The van der Waals surface area contributed by atoms with Crippen LogP contribution in [-0.2, 0) is 0 Å². The fourth-order valence-electron chi connectivity index (χ4n) is 3.59. The van der Waals surface area contributed by atoms with E-state index in [1.165, 1.54) is 29.5 Å². The fourth-order valence-corrected chi connectivity index (χ4v) is 4.57. The number of rotatable bonds is 4. The first-order valence-corrected chi connectivity index (χ1v) is 9.93. The van der Waals surface area contributed by atoms with Crippen LogP contribution in [0.2, 0.25) is 0 Å². The first-order chi connectivity index (χ1) is 12.3. The van der Waals surface area contributed by atoms with Crippen molar-refractivity contribution in [2.75, 3.05) is 37.6 Å². The number of hydrogen-bond acceptors (Lipinski definition) is 5. The van der Waals surface area contributed by atoms with E-state index >= 15 is 0 Å². The molecule has 5 heteroatoms. The van der Waals surface area contributed by atoms with Gasteiger partial charge in [-0.05, 0) is 25.5 Å². The number of benzene rings is 1. The molecule has 0 amide bonds. The van der Waals surface area contributed by atoms with Crippen LogP contribution in [0, 0.1) is 6.92 Å². The second-order valence-corrected chi connectivity index (χ2v) is 7.48. The van der Waals surface area contributed by atoms with Crippen molar-refractivity contribution in [3.63, 3.8) is 0 Å². The van der Waals surface area contributed by atoms with Gasteiger partial charge in [0.15, 0.2) is 0 Å². The van der Waals surface area contributed by atoms with Crippen LogP contribution < -0.4 is 4.90 Å². The molecule has 4 nitrogen and oxygen atoms in total. The predicted octanol–water partition coefficient (Wildman–Crippen LogP) is 4.20. The minimum atomic E-state index is 0.861. The summed E-state index contributed by atoms with van der Waals surface area (Å²) in [4.78, 5) is 15.6. The van der Waals surface area contributed by atoms with Gasteiger partial charge in [-0.15, -0.1) is 11.3 Å². The van der Waals surface area contributed by atoms with Crippen molar-refractivity contribution in [3.05, 3.63) is 41.5 Å². The quantitative estimate of drug-likeness (QED) is 0.704. The van der Waals surface area contributed by atoms with Crippen LogP contribution in [0.25, 0.3) is 21.3 Å². The number of anilines is 1. The molecule has 0 radical (unpaired) electrons. The average Bonchev–Trinajstić information content (AvgIpc) is 3.06. The Kier molecular flexibility index (Phi) is 4.68. The van der Waals surface area contributed by atoms with Crippen molar-refractivity contribution in [3.8, 4) is 11.1 Å². The molecular formula is C20H24N4S. The van der Waals surface area contributed by atoms with E-state index in [0.29, 0.717) is 0 Å². The van der Waals surface area contributed by atoms with Crippen LogP contribution in [0.1, 0.15) is 19.2 Å². The van der Waals surface area contributed by atoms with Gasteiger partial charge in [-0.1, -0.05) is 37.3 Å². The largest absolute Gasteiger partial charge is 0.353 e. The maximum atomic E-state index is 4.86. The molecule has 0 bridgehead atoms. The van der Waals surface area contributed by atoms with E-state index in [1.807, 2.05) is 6.92 Å². The van der Waals surface area contributed by atoms with Crippen molar-refractivity contribution in [1.82, 2.24) is 14.9 Å². The molecule has 1 aliphatic rings. The van der Waals surface area contributed by atoms with Crippen LogP contribution in [-0.4, -0.2) is 47.6 Å². The zero-order chi connectivity index (χ0) is 17.2. The number of thiophene rings is 1. The van der Waals surface area contributed by atoms with E-state index in [4.69, 9.17) is 9.97 Å². The summed E-state index contributed by atoms with van der Waals surface area (Å²) in [6.45, 7) is 9.75. The molecule has 4 rings (SSSR count). The summed E-state index contributed by atoms with van der Waals surface area (Å²) in [5.41, 5.74) is 2.50. The Hall–Kier alpha value is -1.98. The molecule has 25 heavy (non-hydrogen) atoms. The van der Waals surface area contributed by atoms with Gasteiger partial charge in [0.2, 0.25) is 0 Å². The standard InChI is InChI=1S/C20H24N4S/c1-3-9-23-10-12-24(13-11-23)19-18-17(16-7-5-4-6-8-16)14-25-20(18)22-15(2)21-19/h4-8,14H,3,9-13H2,1-2H3. The minimum Gasteiger partial charge on any atom is -0.353 e. The number of piperazine rings is 1. The molecule has 3 aromatic rings. The zero-order valence-corrected chi connectivity index (χ0v) is 15.7. The molecule has 1 aliphatic heterocycles. The highest BCUT2D eigenvalue weighted by atomic mass is 32.1. The van der Waals surface area contributed by atoms with Crippen LogP contribution in [0.15, 0.2) is 35.7 Å². The second kappa shape index (κ2) is 7.10. The average molecular weight is 353 g/mol. The lowest BCUT2D eigenvalue weighted by Gasteiger charge is -2.35. The lowest BCUT2D eigenvalue weighted by molar-refractivity contribution is 0.258. The zero-order valence-electron chi connectivity index (χ0n) is 14.9. The minimum absolute atomic E-state index is 0.861. The molecule has 130 valence electrons. The molecule has 2 aromatic heterocycles. The van der Waals surface area contributed by atoms with Crippen molar-refractivity contribution in [2.45, 2.75) is 20.3 Å². The van der Waals surface area contributed by atoms with E-state index in [1.54, 1.807) is 11.3 Å². The van der Waals surface area contributed by atoms with Crippen molar-refractivity contribution in [2.24, 2.45) is 0 Å². The number of aryl methyl sites for hydroxylation is 1. The normalized spacial score (nSPS) is 15.8. The van der Waals surface area contributed by atoms with E-state index < -0.39 is 0 Å². The highest BCUT2D eigenvalue weighted by Gasteiger charge is 2.22. The lowest BCUT2D eigenvalue weighted by Crippen LogP contribution is -2.47. The van der Waals surface area contributed by atoms with Gasteiger partial charge in [0, 0.05) is 37.1 Å². The van der Waals surface area contributed by atoms with E-state index in [2.05, 4.69) is 52.4 Å². The van der Waals surface area contributed by atoms with Crippen LogP contribution >= 0.6 is 11.3 Å². The summed E-state index contributed by atoms with van der Waals surface area (Å²) >= 11 is 1.72. The molecule has 0 saturated carbocycles. The molecule has 0 atom stereocenters. The summed E-state index contributed by atoms with van der Waals surface area (Å²) in [6.07, 6.45) is 1.22. The Morgan fingerprint density at radius 1 is 1.04 bits per heavy atom. The molecule has 1 fully saturated rings. The first kappa shape index (κ1) is 16.5. The van der Waals surface area contributed by atoms with Gasteiger partial charge in [0.05, 0.1) is 5.39 Å². The van der Waals surface area contributed by atoms with Crippen molar-refractivity contribution < 1.29 is 0 Å². The third kappa shape index (κ3) is 3.26. The SMILES string of the molecule is CCCN1CCN(c2nc(C)nc3scc(-c4ccccc4)c23)CC1. The monoisotopic (exact) mass is 352 g/mol. The Labute approximate surface area is 153 Å². The van der Waals surface area contributed by atoms with Crippen LogP contribution in [0.5, 0.6) is 0 Å². The van der Waals surface area contributed by atoms with E-state index in [0.717, 1.165) is 42.7 Å². The number of aromatic nitrogens is 2. The summed E-state index contributed by atoms with van der Waals surface area (Å²) in [5.74, 6) is 1.97. The van der Waals surface area contributed by atoms with Crippen molar-refractivity contribution >= 4 is 27.4 Å². The van der Waals surface area contributed by atoms with E-state index in [9.17, 15) is 0 Å². The third-order valence-electron chi connectivity index (χ3n) is 4.82. The second-order valence-electron chi connectivity index (χ2n) is 6.62. The molecule has 1 saturated heterocycles. The Bertz CT molecular complexity index is 851. The Morgan fingerprint density at radius 3 is 2.52 bits per heavy atom. The number of fused-ring (bicyclic) bond motifs is 1. The number of hydrogen-bond donors (Lipinski definition) is 0. The maximum Gasteiger partial charge on any atom is 0.141 e. The van der Waals surface area contributed by atoms with Gasteiger partial charge < -0.3 is 4.90 Å². The Morgan fingerprint density at radius 2 is 1.80 bits per heavy atom. The van der Waals surface area contributed by atoms with Crippen LogP contribution in [0.4, 0.5) is 5.82 Å². The van der Waals surface area contributed by atoms with Gasteiger partial charge >= 0.3 is 0 Å². The van der Waals surface area contributed by atoms with Crippen molar-refractivity contribution in [1.29, 1.82) is 0 Å². The third-order valence-corrected chi connectivity index (χ3v) is 5.69. The molecule has 1 aromatic carbocycles. The maximum absolute atomic E-state index is 4.86. The lowest BCUT2D eigenvalue weighted by atomic mass is 10.1. The fraction of sp³-hybridized carbons (Fsp3) is 0.400. The van der Waals surface area contributed by atoms with Gasteiger partial charge in [-0.25, -0.2) is 9.97 Å². The Balaban J connectivity index is 1.74. The molecule has 0 spiro atoms. The predicted molar refractivity (Wildman–Crippen MR) is 107 cm³/mol. The summed E-state index contributed by atoms with van der Waals surface area (Å²) < 4.78 is 0. The highest BCUT2D eigenvalue weighted by Crippen LogP contribution is 2.38.